The molecule has 3 heterocycles. The molecule has 4 rings (SSSR count). The highest BCUT2D eigenvalue weighted by molar-refractivity contribution is 6.33. The first-order valence-electron chi connectivity index (χ1n) is 9.67. The van der Waals surface area contributed by atoms with Gasteiger partial charge in [0.25, 0.3) is 5.91 Å². The molecule has 2 aromatic heterocycles. The number of carbonyl (C=O) groups excluding carboxylic acids is 1. The van der Waals surface area contributed by atoms with Crippen molar-refractivity contribution in [1.29, 1.82) is 0 Å². The molecule has 152 valence electrons. The van der Waals surface area contributed by atoms with Crippen LogP contribution in [0.2, 0.25) is 5.02 Å². The Morgan fingerprint density at radius 2 is 2.14 bits per heavy atom. The summed E-state index contributed by atoms with van der Waals surface area (Å²) in [5.74, 6) is -0.424. The van der Waals surface area contributed by atoms with E-state index >= 15 is 0 Å². The van der Waals surface area contributed by atoms with Crippen molar-refractivity contribution >= 4 is 17.5 Å². The van der Waals surface area contributed by atoms with Crippen LogP contribution in [0.3, 0.4) is 0 Å². The number of nitrogens with zero attached hydrogens (tertiary/aromatic N) is 4. The van der Waals surface area contributed by atoms with Crippen LogP contribution in [0.4, 0.5) is 4.39 Å². The fourth-order valence-corrected chi connectivity index (χ4v) is 4.23. The van der Waals surface area contributed by atoms with E-state index < -0.39 is 5.82 Å². The van der Waals surface area contributed by atoms with Crippen LogP contribution >= 0.6 is 11.6 Å². The molecule has 8 heteroatoms. The second kappa shape index (κ2) is 7.99. The summed E-state index contributed by atoms with van der Waals surface area (Å²) in [4.78, 5) is 15.5. The van der Waals surface area contributed by atoms with Gasteiger partial charge >= 0.3 is 0 Å². The lowest BCUT2D eigenvalue weighted by molar-refractivity contribution is 0.0679. The van der Waals surface area contributed by atoms with Crippen molar-refractivity contribution in [2.45, 2.75) is 38.6 Å². The predicted octanol–water partition coefficient (Wildman–Crippen LogP) is 4.93. The first-order valence-corrected chi connectivity index (χ1v) is 10.1. The summed E-state index contributed by atoms with van der Waals surface area (Å²) in [6, 6.07) is 4.28. The van der Waals surface area contributed by atoms with E-state index in [-0.39, 0.29) is 33.8 Å². The van der Waals surface area contributed by atoms with Gasteiger partial charge in [-0.1, -0.05) is 35.7 Å². The maximum absolute atomic E-state index is 14.5. The monoisotopic (exact) mass is 416 g/mol. The van der Waals surface area contributed by atoms with Crippen molar-refractivity contribution < 1.29 is 13.7 Å². The number of carbonyl (C=O) groups is 1. The Bertz CT molecular complexity index is 1020. The van der Waals surface area contributed by atoms with E-state index in [1.165, 1.54) is 12.1 Å². The number of aryl methyl sites for hydroxylation is 2. The SMILES string of the molecule is Cc1onc(-c2c(F)cccc2Cl)c1C(=O)N1CCCCC[C@@H]1c1cnn(C)c1. The van der Waals surface area contributed by atoms with Gasteiger partial charge in [0.2, 0.25) is 0 Å². The van der Waals surface area contributed by atoms with Crippen LogP contribution in [-0.2, 0) is 7.05 Å². The average molecular weight is 417 g/mol. The first kappa shape index (κ1) is 19.6. The second-order valence-corrected chi connectivity index (χ2v) is 7.78. The Labute approximate surface area is 173 Å². The standard InChI is InChI=1S/C21H22ClFN4O2/c1-13-18(20(25-29-13)19-15(22)7-6-8-16(19)23)21(28)27-10-5-3-4-9-17(27)14-11-24-26(2)12-14/h6-8,11-12,17H,3-5,9-10H2,1-2H3/t17-/m1/s1. The van der Waals surface area contributed by atoms with Gasteiger partial charge in [-0.15, -0.1) is 0 Å². The molecule has 1 aromatic carbocycles. The number of hydrogen-bond acceptors (Lipinski definition) is 4. The lowest BCUT2D eigenvalue weighted by Crippen LogP contribution is -2.35. The summed E-state index contributed by atoms with van der Waals surface area (Å²) in [5, 5.41) is 8.44. The number of hydrogen-bond donors (Lipinski definition) is 0. The number of benzene rings is 1. The Hall–Kier alpha value is -2.67. The molecule has 1 aliphatic heterocycles. The molecule has 29 heavy (non-hydrogen) atoms. The molecule has 1 aliphatic rings. The normalized spacial score (nSPS) is 17.4. The molecule has 6 nitrogen and oxygen atoms in total. The lowest BCUT2D eigenvalue weighted by Gasteiger charge is -2.29. The summed E-state index contributed by atoms with van der Waals surface area (Å²) < 4.78 is 21.6. The van der Waals surface area contributed by atoms with E-state index in [1.807, 2.05) is 18.1 Å². The van der Waals surface area contributed by atoms with Crippen molar-refractivity contribution in [3.05, 3.63) is 58.3 Å². The highest BCUT2D eigenvalue weighted by Crippen LogP contribution is 2.37. The molecule has 1 saturated heterocycles. The molecule has 0 bridgehead atoms. The molecular formula is C21H22ClFN4O2. The molecule has 0 N–H and O–H groups in total. The van der Waals surface area contributed by atoms with Crippen molar-refractivity contribution in [3.63, 3.8) is 0 Å². The van der Waals surface area contributed by atoms with Gasteiger partial charge in [0, 0.05) is 25.4 Å². The molecule has 1 atom stereocenters. The van der Waals surface area contributed by atoms with E-state index in [1.54, 1.807) is 23.9 Å². The minimum Gasteiger partial charge on any atom is -0.360 e. The van der Waals surface area contributed by atoms with Crippen molar-refractivity contribution in [2.24, 2.45) is 7.05 Å². The summed E-state index contributed by atoms with van der Waals surface area (Å²) >= 11 is 6.23. The minimum atomic E-state index is -0.542. The molecule has 0 radical (unpaired) electrons. The maximum Gasteiger partial charge on any atom is 0.260 e. The quantitative estimate of drug-likeness (QED) is 0.607. The summed E-state index contributed by atoms with van der Waals surface area (Å²) in [6.07, 6.45) is 7.56. The zero-order chi connectivity index (χ0) is 20.5. The molecule has 3 aromatic rings. The minimum absolute atomic E-state index is 0.0853. The van der Waals surface area contributed by atoms with Gasteiger partial charge < -0.3 is 9.42 Å². The van der Waals surface area contributed by atoms with Crippen LogP contribution in [-0.4, -0.2) is 32.3 Å². The van der Waals surface area contributed by atoms with Gasteiger partial charge in [-0.05, 0) is 31.9 Å². The van der Waals surface area contributed by atoms with Crippen LogP contribution in [0.15, 0.2) is 35.1 Å². The van der Waals surface area contributed by atoms with Crippen LogP contribution < -0.4 is 0 Å². The zero-order valence-electron chi connectivity index (χ0n) is 16.4. The van der Waals surface area contributed by atoms with Gasteiger partial charge in [0.1, 0.15) is 22.8 Å². The van der Waals surface area contributed by atoms with Gasteiger partial charge in [-0.25, -0.2) is 4.39 Å². The highest BCUT2D eigenvalue weighted by Gasteiger charge is 2.33. The van der Waals surface area contributed by atoms with Crippen molar-refractivity contribution in [2.75, 3.05) is 6.54 Å². The van der Waals surface area contributed by atoms with E-state index in [0.29, 0.717) is 12.3 Å². The van der Waals surface area contributed by atoms with Crippen molar-refractivity contribution in [3.8, 4) is 11.3 Å². The zero-order valence-corrected chi connectivity index (χ0v) is 17.1. The van der Waals surface area contributed by atoms with Gasteiger partial charge in [0.05, 0.1) is 22.8 Å². The van der Waals surface area contributed by atoms with Gasteiger partial charge in [0.15, 0.2) is 0 Å². The molecule has 0 unspecified atom stereocenters. The Balaban J connectivity index is 1.78. The van der Waals surface area contributed by atoms with Gasteiger partial charge in [-0.3, -0.25) is 9.48 Å². The average Bonchev–Trinajstić information content (AvgIpc) is 3.18. The highest BCUT2D eigenvalue weighted by atomic mass is 35.5. The van der Waals surface area contributed by atoms with E-state index in [9.17, 15) is 9.18 Å². The van der Waals surface area contributed by atoms with Gasteiger partial charge in [-0.2, -0.15) is 5.10 Å². The third kappa shape index (κ3) is 3.67. The Morgan fingerprint density at radius 3 is 2.86 bits per heavy atom. The third-order valence-corrected chi connectivity index (χ3v) is 5.71. The molecule has 0 spiro atoms. The van der Waals surface area contributed by atoms with E-state index in [2.05, 4.69) is 10.3 Å². The van der Waals surface area contributed by atoms with E-state index in [0.717, 1.165) is 31.2 Å². The number of amides is 1. The number of aromatic nitrogens is 3. The second-order valence-electron chi connectivity index (χ2n) is 7.37. The number of halogens is 2. The summed E-state index contributed by atoms with van der Waals surface area (Å²) in [5.41, 5.74) is 1.47. The Morgan fingerprint density at radius 1 is 1.31 bits per heavy atom. The largest absolute Gasteiger partial charge is 0.360 e. The fraction of sp³-hybridized carbons (Fsp3) is 0.381. The molecule has 1 amide bonds. The van der Waals surface area contributed by atoms with Crippen LogP contribution in [0.25, 0.3) is 11.3 Å². The number of rotatable bonds is 3. The van der Waals surface area contributed by atoms with Crippen LogP contribution in [0.1, 0.15) is 53.4 Å². The summed E-state index contributed by atoms with van der Waals surface area (Å²) in [6.45, 7) is 2.27. The Kier molecular flexibility index (Phi) is 5.41. The molecule has 1 fully saturated rings. The van der Waals surface area contributed by atoms with E-state index in [4.69, 9.17) is 16.1 Å². The number of likely N-dealkylation sites (tertiary alicyclic amines) is 1. The molecule has 0 aliphatic carbocycles. The smallest absolute Gasteiger partial charge is 0.260 e. The third-order valence-electron chi connectivity index (χ3n) is 5.40. The maximum atomic E-state index is 14.5. The van der Waals surface area contributed by atoms with Crippen molar-refractivity contribution in [1.82, 2.24) is 19.8 Å². The van der Waals surface area contributed by atoms with Crippen LogP contribution in [0, 0.1) is 12.7 Å². The van der Waals surface area contributed by atoms with Crippen LogP contribution in [0.5, 0.6) is 0 Å². The first-order chi connectivity index (χ1) is 14.0. The predicted molar refractivity (Wildman–Crippen MR) is 107 cm³/mol. The molecular weight excluding hydrogens is 395 g/mol. The topological polar surface area (TPSA) is 64.2 Å². The summed E-state index contributed by atoms with van der Waals surface area (Å²) in [7, 11) is 1.86. The lowest BCUT2D eigenvalue weighted by atomic mass is 10.0. The molecule has 0 saturated carbocycles. The fourth-order valence-electron chi connectivity index (χ4n) is 3.97.